The third kappa shape index (κ3) is 4.19. The van der Waals surface area contributed by atoms with E-state index in [0.717, 1.165) is 17.6 Å². The lowest BCUT2D eigenvalue weighted by Gasteiger charge is -2.23. The molecule has 0 radical (unpaired) electrons. The summed E-state index contributed by atoms with van der Waals surface area (Å²) < 4.78 is 31.3. The van der Waals surface area contributed by atoms with Crippen LogP contribution in [0.25, 0.3) is 0 Å². The van der Waals surface area contributed by atoms with Crippen LogP contribution < -0.4 is 5.32 Å². The molecular formula is C18H21BrN2O4S. The SMILES string of the molecule is C[C@H](CNC(=O)c1ccc(S(=O)(=O)c2ccc(Br)cc2)o1)N1CCCC1. The van der Waals surface area contributed by atoms with Crippen molar-refractivity contribution in [3.05, 3.63) is 46.6 Å². The average Bonchev–Trinajstić information content (AvgIpc) is 3.31. The quantitative estimate of drug-likeness (QED) is 0.746. The molecule has 0 unspecified atom stereocenters. The van der Waals surface area contributed by atoms with Gasteiger partial charge in [-0.2, -0.15) is 0 Å². The van der Waals surface area contributed by atoms with E-state index in [1.807, 2.05) is 0 Å². The van der Waals surface area contributed by atoms with Gasteiger partial charge in [0.05, 0.1) is 4.90 Å². The molecule has 1 N–H and O–H groups in total. The van der Waals surface area contributed by atoms with Crippen LogP contribution in [-0.4, -0.2) is 44.9 Å². The van der Waals surface area contributed by atoms with Gasteiger partial charge in [-0.25, -0.2) is 8.42 Å². The van der Waals surface area contributed by atoms with Crippen molar-refractivity contribution >= 4 is 31.7 Å². The van der Waals surface area contributed by atoms with Gasteiger partial charge >= 0.3 is 0 Å². The first-order valence-corrected chi connectivity index (χ1v) is 10.8. The Balaban J connectivity index is 1.66. The van der Waals surface area contributed by atoms with Gasteiger partial charge < -0.3 is 9.73 Å². The number of nitrogens with one attached hydrogen (secondary N) is 1. The molecule has 6 nitrogen and oxygen atoms in total. The van der Waals surface area contributed by atoms with E-state index in [-0.39, 0.29) is 21.8 Å². The maximum absolute atomic E-state index is 12.6. The Bertz CT molecular complexity index is 871. The summed E-state index contributed by atoms with van der Waals surface area (Å²) in [6.07, 6.45) is 2.38. The van der Waals surface area contributed by atoms with Crippen LogP contribution >= 0.6 is 15.9 Å². The number of nitrogens with zero attached hydrogens (tertiary/aromatic N) is 1. The first-order valence-electron chi connectivity index (χ1n) is 8.50. The highest BCUT2D eigenvalue weighted by Gasteiger charge is 2.24. The number of carbonyl (C=O) groups excluding carboxylic acids is 1. The van der Waals surface area contributed by atoms with Crippen molar-refractivity contribution in [2.75, 3.05) is 19.6 Å². The molecule has 1 saturated heterocycles. The van der Waals surface area contributed by atoms with Crippen molar-refractivity contribution < 1.29 is 17.6 Å². The molecule has 0 aliphatic carbocycles. The van der Waals surface area contributed by atoms with Crippen LogP contribution in [0.5, 0.6) is 0 Å². The van der Waals surface area contributed by atoms with Crippen molar-refractivity contribution in [1.82, 2.24) is 10.2 Å². The lowest BCUT2D eigenvalue weighted by atomic mass is 10.3. The second-order valence-corrected chi connectivity index (χ2v) is 9.17. The Morgan fingerprint density at radius 1 is 1.19 bits per heavy atom. The maximum Gasteiger partial charge on any atom is 0.287 e. The van der Waals surface area contributed by atoms with Gasteiger partial charge in [-0.1, -0.05) is 15.9 Å². The Morgan fingerprint density at radius 2 is 1.85 bits per heavy atom. The number of halogens is 1. The number of benzene rings is 1. The van der Waals surface area contributed by atoms with E-state index in [9.17, 15) is 13.2 Å². The maximum atomic E-state index is 12.6. The van der Waals surface area contributed by atoms with Crippen LogP contribution in [0.2, 0.25) is 0 Å². The monoisotopic (exact) mass is 440 g/mol. The first kappa shape index (κ1) is 19.1. The molecule has 8 heteroatoms. The molecule has 26 heavy (non-hydrogen) atoms. The summed E-state index contributed by atoms with van der Waals surface area (Å²) in [7, 11) is -3.79. The van der Waals surface area contributed by atoms with Crippen LogP contribution in [0.3, 0.4) is 0 Å². The first-order chi connectivity index (χ1) is 12.4. The summed E-state index contributed by atoms with van der Waals surface area (Å²) in [6.45, 7) is 4.66. The number of sulfone groups is 1. The highest BCUT2D eigenvalue weighted by molar-refractivity contribution is 9.10. The lowest BCUT2D eigenvalue weighted by Crippen LogP contribution is -2.40. The highest BCUT2D eigenvalue weighted by Crippen LogP contribution is 2.24. The number of carbonyl (C=O) groups is 1. The standard InChI is InChI=1S/C18H21BrN2O4S/c1-13(21-10-2-3-11-21)12-20-18(22)16-8-9-17(25-16)26(23,24)15-6-4-14(19)5-7-15/h4-9,13H,2-3,10-12H2,1H3,(H,20,22)/t13-/m1/s1. The molecule has 1 amide bonds. The van der Waals surface area contributed by atoms with Crippen LogP contribution in [-0.2, 0) is 9.84 Å². The minimum Gasteiger partial charge on any atom is -0.439 e. The van der Waals surface area contributed by atoms with Gasteiger partial charge in [0.25, 0.3) is 5.91 Å². The van der Waals surface area contributed by atoms with E-state index in [4.69, 9.17) is 4.42 Å². The van der Waals surface area contributed by atoms with E-state index in [2.05, 4.69) is 33.1 Å². The van der Waals surface area contributed by atoms with Crippen molar-refractivity contribution in [1.29, 1.82) is 0 Å². The van der Waals surface area contributed by atoms with Crippen molar-refractivity contribution in [2.45, 2.75) is 35.8 Å². The molecule has 140 valence electrons. The summed E-state index contributed by atoms with van der Waals surface area (Å²) >= 11 is 3.27. The van der Waals surface area contributed by atoms with Gasteiger partial charge in [-0.05, 0) is 69.3 Å². The highest BCUT2D eigenvalue weighted by atomic mass is 79.9. The second-order valence-electron chi connectivity index (χ2n) is 6.38. The fraction of sp³-hybridized carbons (Fsp3) is 0.389. The molecule has 2 heterocycles. The summed E-state index contributed by atoms with van der Waals surface area (Å²) in [6, 6.07) is 9.20. The number of furan rings is 1. The topological polar surface area (TPSA) is 79.6 Å². The van der Waals surface area contributed by atoms with Crippen LogP contribution in [0.4, 0.5) is 0 Å². The Labute approximate surface area is 161 Å². The molecular weight excluding hydrogens is 420 g/mol. The Kier molecular flexibility index (Phi) is 5.84. The minimum absolute atomic E-state index is 0.00527. The third-order valence-corrected chi connectivity index (χ3v) is 6.69. The van der Waals surface area contributed by atoms with Gasteiger partial charge in [0.15, 0.2) is 5.76 Å². The van der Waals surface area contributed by atoms with E-state index in [0.29, 0.717) is 6.54 Å². The molecule has 1 aromatic carbocycles. The van der Waals surface area contributed by atoms with Crippen molar-refractivity contribution in [3.63, 3.8) is 0 Å². The van der Waals surface area contributed by atoms with Gasteiger partial charge in [0.2, 0.25) is 14.9 Å². The number of hydrogen-bond donors (Lipinski definition) is 1. The average molecular weight is 441 g/mol. The van der Waals surface area contributed by atoms with Crippen molar-refractivity contribution in [3.8, 4) is 0 Å². The van der Waals surface area contributed by atoms with E-state index < -0.39 is 15.7 Å². The van der Waals surface area contributed by atoms with Crippen LogP contribution in [0, 0.1) is 0 Å². The molecule has 0 bridgehead atoms. The minimum atomic E-state index is -3.79. The number of amides is 1. The van der Waals surface area contributed by atoms with E-state index in [1.54, 1.807) is 12.1 Å². The molecule has 0 saturated carbocycles. The molecule has 2 aromatic rings. The molecule has 1 aliphatic rings. The smallest absolute Gasteiger partial charge is 0.287 e. The van der Waals surface area contributed by atoms with Gasteiger partial charge in [-0.3, -0.25) is 9.69 Å². The summed E-state index contributed by atoms with van der Waals surface area (Å²) in [5.41, 5.74) is 0. The van der Waals surface area contributed by atoms with Crippen molar-refractivity contribution in [2.24, 2.45) is 0 Å². The molecule has 0 spiro atoms. The predicted molar refractivity (Wildman–Crippen MR) is 101 cm³/mol. The molecule has 1 aromatic heterocycles. The van der Waals surface area contributed by atoms with Crippen LogP contribution in [0.1, 0.15) is 30.3 Å². The summed E-state index contributed by atoms with van der Waals surface area (Å²) in [4.78, 5) is 14.7. The largest absolute Gasteiger partial charge is 0.439 e. The summed E-state index contributed by atoms with van der Waals surface area (Å²) in [5, 5.41) is 2.57. The van der Waals surface area contributed by atoms with Gasteiger partial charge in [-0.15, -0.1) is 0 Å². The molecule has 3 rings (SSSR count). The fourth-order valence-corrected chi connectivity index (χ4v) is 4.39. The fourth-order valence-electron chi connectivity index (χ4n) is 2.96. The van der Waals surface area contributed by atoms with E-state index in [1.165, 1.54) is 37.1 Å². The molecule has 1 fully saturated rings. The predicted octanol–water partition coefficient (Wildman–Crippen LogP) is 3.09. The zero-order valence-corrected chi connectivity index (χ0v) is 16.8. The third-order valence-electron chi connectivity index (χ3n) is 4.52. The number of hydrogen-bond acceptors (Lipinski definition) is 5. The zero-order chi connectivity index (χ0) is 18.7. The zero-order valence-electron chi connectivity index (χ0n) is 14.4. The van der Waals surface area contributed by atoms with Gasteiger partial charge in [0, 0.05) is 17.1 Å². The van der Waals surface area contributed by atoms with Gasteiger partial charge in [0.1, 0.15) is 0 Å². The Morgan fingerprint density at radius 3 is 2.50 bits per heavy atom. The second kappa shape index (κ2) is 7.94. The number of rotatable bonds is 6. The Hall–Kier alpha value is -1.64. The number of likely N-dealkylation sites (tertiary alicyclic amines) is 1. The molecule has 1 aliphatic heterocycles. The lowest BCUT2D eigenvalue weighted by molar-refractivity contribution is 0.0907. The normalized spacial score (nSPS) is 16.5. The summed E-state index contributed by atoms with van der Waals surface area (Å²) in [5.74, 6) is -0.414. The van der Waals surface area contributed by atoms with E-state index >= 15 is 0 Å². The molecule has 1 atom stereocenters. The van der Waals surface area contributed by atoms with Crippen LogP contribution in [0.15, 0.2) is 55.3 Å².